The van der Waals surface area contributed by atoms with E-state index in [9.17, 15) is 31.2 Å². The average Bonchev–Trinajstić information content (AvgIpc) is 2.77. The van der Waals surface area contributed by atoms with Gasteiger partial charge in [-0.3, -0.25) is 10.1 Å². The molecule has 1 aliphatic heterocycles. The third-order valence-corrected chi connectivity index (χ3v) is 6.98. The number of carbonyl (C=O) groups is 1. The highest BCUT2D eigenvalue weighted by Gasteiger charge is 2.48. The zero-order chi connectivity index (χ0) is 24.4. The van der Waals surface area contributed by atoms with Crippen LogP contribution in [0.3, 0.4) is 0 Å². The number of H-pyrrole nitrogens is 1. The molecular formula is C19H22F3N5O5S. The van der Waals surface area contributed by atoms with Gasteiger partial charge in [0.05, 0.1) is 12.9 Å². The normalized spacial score (nSPS) is 17.6. The molecule has 1 fully saturated rings. The van der Waals surface area contributed by atoms with Crippen LogP contribution in [0.15, 0.2) is 35.3 Å². The van der Waals surface area contributed by atoms with Crippen molar-refractivity contribution in [2.45, 2.75) is 19.1 Å². The van der Waals surface area contributed by atoms with E-state index in [-0.39, 0.29) is 36.0 Å². The van der Waals surface area contributed by atoms with Gasteiger partial charge in [-0.25, -0.2) is 18.2 Å². The van der Waals surface area contributed by atoms with Crippen LogP contribution in [0.1, 0.15) is 6.92 Å². The number of carbonyl (C=O) groups excluding carboxylic acids is 1. The number of nitrogens with one attached hydrogen (secondary N) is 2. The molecule has 0 aromatic carbocycles. The van der Waals surface area contributed by atoms with Crippen LogP contribution in [0.5, 0.6) is 0 Å². The third-order valence-electron chi connectivity index (χ3n) is 5.13. The Kier molecular flexibility index (Phi) is 6.97. The molecule has 0 aliphatic carbocycles. The summed E-state index contributed by atoms with van der Waals surface area (Å²) in [7, 11) is -2.64. The number of nitrogens with zero attached hydrogens (tertiary/aromatic N) is 3. The smallest absolute Gasteiger partial charge is 0.412 e. The molecule has 3 rings (SSSR count). The number of alkyl halides is 3. The quantitative estimate of drug-likeness (QED) is 0.658. The second-order valence-electron chi connectivity index (χ2n) is 7.17. The molecule has 14 heteroatoms. The first-order valence-corrected chi connectivity index (χ1v) is 11.4. The molecule has 180 valence electrons. The van der Waals surface area contributed by atoms with Crippen molar-refractivity contribution < 1.29 is 31.1 Å². The highest BCUT2D eigenvalue weighted by atomic mass is 32.2. The van der Waals surface area contributed by atoms with Crippen LogP contribution >= 0.6 is 0 Å². The predicted molar refractivity (Wildman–Crippen MR) is 115 cm³/mol. The van der Waals surface area contributed by atoms with E-state index in [1.165, 1.54) is 44.5 Å². The van der Waals surface area contributed by atoms with E-state index >= 15 is 0 Å². The zero-order valence-corrected chi connectivity index (χ0v) is 18.5. The van der Waals surface area contributed by atoms with Gasteiger partial charge in [0.15, 0.2) is 0 Å². The van der Waals surface area contributed by atoms with Crippen LogP contribution in [0.4, 0.5) is 29.6 Å². The molecule has 33 heavy (non-hydrogen) atoms. The standard InChI is InChI=1S/C19H22F3N5O5S/c1-3-33(30,31)26-6-7-27(14(11-26)19(20,21)22)16-9-13(10-17(28)25-16)12-4-5-23-15(8-12)24-18(29)32-2/h4-5,8-10,14H,3,6-7,11H2,1-2H3,(H,25,28)(H,23,24,29). The molecule has 1 unspecified atom stereocenters. The lowest BCUT2D eigenvalue weighted by atomic mass is 10.1. The first-order valence-electron chi connectivity index (χ1n) is 9.81. The van der Waals surface area contributed by atoms with Crippen LogP contribution in [-0.2, 0) is 14.8 Å². The van der Waals surface area contributed by atoms with E-state index in [0.717, 1.165) is 9.21 Å². The van der Waals surface area contributed by atoms with Crippen molar-refractivity contribution in [3.05, 3.63) is 40.8 Å². The summed E-state index contributed by atoms with van der Waals surface area (Å²) < 4.78 is 71.2. The zero-order valence-electron chi connectivity index (χ0n) is 17.7. The van der Waals surface area contributed by atoms with Gasteiger partial charge < -0.3 is 14.6 Å². The molecule has 2 N–H and O–H groups in total. The van der Waals surface area contributed by atoms with Crippen molar-refractivity contribution in [2.24, 2.45) is 0 Å². The number of methoxy groups -OCH3 is 1. The minimum atomic E-state index is -4.75. The number of pyridine rings is 2. The van der Waals surface area contributed by atoms with Crippen LogP contribution in [0, 0.1) is 0 Å². The molecule has 0 saturated carbocycles. The number of piperazine rings is 1. The number of sulfonamides is 1. The van der Waals surface area contributed by atoms with Gasteiger partial charge in [-0.1, -0.05) is 0 Å². The Bertz CT molecular complexity index is 1180. The van der Waals surface area contributed by atoms with Crippen molar-refractivity contribution in [3.63, 3.8) is 0 Å². The number of aromatic amines is 1. The predicted octanol–water partition coefficient (Wildman–Crippen LogP) is 2.02. The summed E-state index contributed by atoms with van der Waals surface area (Å²) in [5.74, 6) is -0.297. The molecule has 1 amide bonds. The molecular weight excluding hydrogens is 467 g/mol. The van der Waals surface area contributed by atoms with Crippen LogP contribution < -0.4 is 15.8 Å². The molecule has 0 radical (unpaired) electrons. The Hall–Kier alpha value is -3.13. The Morgan fingerprint density at radius 3 is 2.64 bits per heavy atom. The third kappa shape index (κ3) is 5.63. The monoisotopic (exact) mass is 489 g/mol. The highest BCUT2D eigenvalue weighted by Crippen LogP contribution is 2.33. The summed E-state index contributed by atoms with van der Waals surface area (Å²) in [5.41, 5.74) is 0.0550. The maximum atomic E-state index is 13.9. The lowest BCUT2D eigenvalue weighted by Gasteiger charge is -2.42. The molecule has 2 aromatic rings. The van der Waals surface area contributed by atoms with Crippen LogP contribution in [-0.4, -0.2) is 73.5 Å². The molecule has 10 nitrogen and oxygen atoms in total. The molecule has 1 aliphatic rings. The fourth-order valence-electron chi connectivity index (χ4n) is 3.45. The van der Waals surface area contributed by atoms with E-state index in [2.05, 4.69) is 20.0 Å². The van der Waals surface area contributed by atoms with E-state index in [0.29, 0.717) is 5.56 Å². The molecule has 2 aromatic heterocycles. The Balaban J connectivity index is 1.98. The van der Waals surface area contributed by atoms with Gasteiger partial charge in [-0.15, -0.1) is 0 Å². The number of hydrogen-bond donors (Lipinski definition) is 2. The highest BCUT2D eigenvalue weighted by molar-refractivity contribution is 7.89. The fraction of sp³-hybridized carbons (Fsp3) is 0.421. The number of anilines is 2. The molecule has 1 saturated heterocycles. The molecule has 0 bridgehead atoms. The summed E-state index contributed by atoms with van der Waals surface area (Å²) in [4.78, 5) is 31.0. The SMILES string of the molecule is CCS(=O)(=O)N1CCN(c2cc(-c3ccnc(NC(=O)OC)c3)cc(=O)[nH]2)C(C(F)(F)F)C1. The minimum absolute atomic E-state index is 0.104. The topological polar surface area (TPSA) is 125 Å². The van der Waals surface area contributed by atoms with Gasteiger partial charge in [0.25, 0.3) is 0 Å². The van der Waals surface area contributed by atoms with Gasteiger partial charge in [-0.05, 0) is 36.2 Å². The molecule has 0 spiro atoms. The van der Waals surface area contributed by atoms with Crippen molar-refractivity contribution in [3.8, 4) is 11.1 Å². The van der Waals surface area contributed by atoms with E-state index < -0.39 is 40.4 Å². The summed E-state index contributed by atoms with van der Waals surface area (Å²) in [6, 6.07) is 3.37. The lowest BCUT2D eigenvalue weighted by Crippen LogP contribution is -2.60. The van der Waals surface area contributed by atoms with Crippen LogP contribution in [0.2, 0.25) is 0 Å². The molecule has 3 heterocycles. The van der Waals surface area contributed by atoms with Crippen molar-refractivity contribution in [1.82, 2.24) is 14.3 Å². The van der Waals surface area contributed by atoms with Gasteiger partial charge in [-0.2, -0.15) is 17.5 Å². The average molecular weight is 489 g/mol. The number of amides is 1. The fourth-order valence-corrected chi connectivity index (χ4v) is 4.54. The minimum Gasteiger partial charge on any atom is -0.453 e. The first-order chi connectivity index (χ1) is 15.4. The van der Waals surface area contributed by atoms with E-state index in [1.54, 1.807) is 0 Å². The Morgan fingerprint density at radius 2 is 2.00 bits per heavy atom. The maximum absolute atomic E-state index is 13.9. The maximum Gasteiger partial charge on any atom is 0.412 e. The number of halogens is 3. The van der Waals surface area contributed by atoms with Crippen LogP contribution in [0.25, 0.3) is 11.1 Å². The first kappa shape index (κ1) is 24.5. The van der Waals surface area contributed by atoms with Gasteiger partial charge in [0.1, 0.15) is 17.7 Å². The van der Waals surface area contributed by atoms with Crippen molar-refractivity contribution >= 4 is 27.8 Å². The summed E-state index contributed by atoms with van der Waals surface area (Å²) in [6.45, 7) is 0.156. The molecule has 1 atom stereocenters. The second-order valence-corrected chi connectivity index (χ2v) is 9.43. The Morgan fingerprint density at radius 1 is 1.27 bits per heavy atom. The second kappa shape index (κ2) is 9.39. The van der Waals surface area contributed by atoms with Gasteiger partial charge >= 0.3 is 12.3 Å². The Labute approximate surface area is 187 Å². The number of hydrogen-bond acceptors (Lipinski definition) is 7. The summed E-state index contributed by atoms with van der Waals surface area (Å²) in [6.07, 6.45) is -4.16. The summed E-state index contributed by atoms with van der Waals surface area (Å²) >= 11 is 0. The number of aromatic nitrogens is 2. The largest absolute Gasteiger partial charge is 0.453 e. The number of ether oxygens (including phenoxy) is 1. The van der Waals surface area contributed by atoms with Gasteiger partial charge in [0, 0.05) is 31.9 Å². The number of rotatable bonds is 5. The van der Waals surface area contributed by atoms with Crippen molar-refractivity contribution in [1.29, 1.82) is 0 Å². The summed E-state index contributed by atoms with van der Waals surface area (Å²) in [5, 5.41) is 2.37. The van der Waals surface area contributed by atoms with E-state index in [1.807, 2.05) is 0 Å². The lowest BCUT2D eigenvalue weighted by molar-refractivity contribution is -0.153. The van der Waals surface area contributed by atoms with Crippen molar-refractivity contribution in [2.75, 3.05) is 42.7 Å². The van der Waals surface area contributed by atoms with E-state index in [4.69, 9.17) is 0 Å². The van der Waals surface area contributed by atoms with Gasteiger partial charge in [0.2, 0.25) is 15.6 Å².